The van der Waals surface area contributed by atoms with Gasteiger partial charge in [0.25, 0.3) is 0 Å². The summed E-state index contributed by atoms with van der Waals surface area (Å²) in [6, 6.07) is 5.74. The molecule has 1 fully saturated rings. The Morgan fingerprint density at radius 2 is 2.00 bits per heavy atom. The Morgan fingerprint density at radius 3 is 2.50 bits per heavy atom. The molecule has 114 valence electrons. The highest BCUT2D eigenvalue weighted by atomic mass is 32.1. The van der Waals surface area contributed by atoms with E-state index in [0.29, 0.717) is 12.1 Å². The highest BCUT2D eigenvalue weighted by Crippen LogP contribution is 2.35. The average Bonchev–Trinajstić information content (AvgIpc) is 3.01. The van der Waals surface area contributed by atoms with Crippen molar-refractivity contribution in [1.82, 2.24) is 4.90 Å². The summed E-state index contributed by atoms with van der Waals surface area (Å²) >= 11 is 1.85. The largest absolute Gasteiger partial charge is 0.326 e. The van der Waals surface area contributed by atoms with Crippen LogP contribution in [0.4, 0.5) is 0 Å². The van der Waals surface area contributed by atoms with Gasteiger partial charge in [-0.2, -0.15) is 0 Å². The van der Waals surface area contributed by atoms with Crippen LogP contribution in [0.1, 0.15) is 63.3 Å². The van der Waals surface area contributed by atoms with Crippen LogP contribution in [-0.2, 0) is 0 Å². The van der Waals surface area contributed by atoms with Crippen molar-refractivity contribution in [1.29, 1.82) is 0 Å². The van der Waals surface area contributed by atoms with Crippen molar-refractivity contribution in [3.63, 3.8) is 0 Å². The fourth-order valence-electron chi connectivity index (χ4n) is 3.58. The van der Waals surface area contributed by atoms with Gasteiger partial charge in [0, 0.05) is 17.0 Å². The molecule has 0 aliphatic heterocycles. The van der Waals surface area contributed by atoms with E-state index >= 15 is 0 Å². The lowest BCUT2D eigenvalue weighted by Gasteiger charge is -2.40. The van der Waals surface area contributed by atoms with Crippen LogP contribution in [0, 0.1) is 5.92 Å². The summed E-state index contributed by atoms with van der Waals surface area (Å²) in [7, 11) is 2.29. The monoisotopic (exact) mass is 294 g/mol. The highest BCUT2D eigenvalue weighted by molar-refractivity contribution is 7.10. The minimum absolute atomic E-state index is 0.238. The fourth-order valence-corrected chi connectivity index (χ4v) is 4.54. The quantitative estimate of drug-likeness (QED) is 0.841. The van der Waals surface area contributed by atoms with E-state index in [0.717, 1.165) is 12.3 Å². The predicted octanol–water partition coefficient (Wildman–Crippen LogP) is 4.43. The van der Waals surface area contributed by atoms with Crippen molar-refractivity contribution in [2.24, 2.45) is 11.7 Å². The molecule has 2 unspecified atom stereocenters. The molecule has 3 heteroatoms. The van der Waals surface area contributed by atoms with Gasteiger partial charge in [0.2, 0.25) is 0 Å². The van der Waals surface area contributed by atoms with Crippen LogP contribution in [0.15, 0.2) is 17.5 Å². The van der Waals surface area contributed by atoms with E-state index in [-0.39, 0.29) is 6.04 Å². The summed E-state index contributed by atoms with van der Waals surface area (Å²) in [6.45, 7) is 4.53. The molecular weight excluding hydrogens is 264 g/mol. The van der Waals surface area contributed by atoms with Gasteiger partial charge in [-0.3, -0.25) is 4.90 Å². The number of nitrogens with zero attached hydrogens (tertiary/aromatic N) is 1. The van der Waals surface area contributed by atoms with Crippen LogP contribution in [0.25, 0.3) is 0 Å². The molecule has 1 saturated carbocycles. The Morgan fingerprint density at radius 1 is 1.30 bits per heavy atom. The minimum Gasteiger partial charge on any atom is -0.326 e. The fraction of sp³-hybridized carbons (Fsp3) is 0.765. The van der Waals surface area contributed by atoms with Crippen LogP contribution >= 0.6 is 11.3 Å². The van der Waals surface area contributed by atoms with E-state index in [1.54, 1.807) is 0 Å². The van der Waals surface area contributed by atoms with Crippen LogP contribution in [0.5, 0.6) is 0 Å². The molecule has 0 saturated heterocycles. The Labute approximate surface area is 128 Å². The van der Waals surface area contributed by atoms with E-state index in [9.17, 15) is 0 Å². The molecule has 0 amide bonds. The molecule has 0 radical (unpaired) electrons. The van der Waals surface area contributed by atoms with Crippen molar-refractivity contribution < 1.29 is 0 Å². The third-order valence-electron chi connectivity index (χ3n) is 5.12. The second kappa shape index (κ2) is 7.58. The predicted molar refractivity (Wildman–Crippen MR) is 89.1 cm³/mol. The third kappa shape index (κ3) is 3.63. The molecule has 1 heterocycles. The Balaban J connectivity index is 2.05. The molecule has 1 aromatic rings. The maximum absolute atomic E-state index is 6.43. The van der Waals surface area contributed by atoms with E-state index in [4.69, 9.17) is 5.73 Å². The summed E-state index contributed by atoms with van der Waals surface area (Å²) in [6.07, 6.45) is 7.85. The zero-order chi connectivity index (χ0) is 14.5. The molecule has 1 aliphatic rings. The maximum atomic E-state index is 6.43. The van der Waals surface area contributed by atoms with E-state index in [1.807, 2.05) is 11.3 Å². The second-order valence-electron chi connectivity index (χ2n) is 6.28. The molecule has 2 N–H and O–H groups in total. The molecule has 0 spiro atoms. The minimum atomic E-state index is 0.238. The van der Waals surface area contributed by atoms with Gasteiger partial charge >= 0.3 is 0 Å². The number of likely N-dealkylation sites (N-methyl/N-ethyl adjacent to an activating group) is 1. The Hall–Kier alpha value is -0.380. The van der Waals surface area contributed by atoms with Gasteiger partial charge in [-0.25, -0.2) is 0 Å². The Kier molecular flexibility index (Phi) is 6.06. The van der Waals surface area contributed by atoms with Crippen LogP contribution in [-0.4, -0.2) is 24.0 Å². The van der Waals surface area contributed by atoms with Gasteiger partial charge in [0.15, 0.2) is 0 Å². The van der Waals surface area contributed by atoms with E-state index < -0.39 is 0 Å². The zero-order valence-electron chi connectivity index (χ0n) is 13.2. The Bertz CT molecular complexity index is 368. The number of nitrogens with two attached hydrogens (primary N) is 1. The lowest BCUT2D eigenvalue weighted by molar-refractivity contribution is 0.105. The molecular formula is C17H30N2S. The highest BCUT2D eigenvalue weighted by Gasteiger charge is 2.31. The van der Waals surface area contributed by atoms with Gasteiger partial charge in [-0.1, -0.05) is 26.3 Å². The first kappa shape index (κ1) is 16.0. The molecule has 2 atom stereocenters. The molecule has 2 nitrogen and oxygen atoms in total. The lowest BCUT2D eigenvalue weighted by atomic mass is 9.83. The van der Waals surface area contributed by atoms with E-state index in [2.05, 4.69) is 43.3 Å². The van der Waals surface area contributed by atoms with Crippen molar-refractivity contribution in [2.45, 2.75) is 70.5 Å². The summed E-state index contributed by atoms with van der Waals surface area (Å²) < 4.78 is 0. The SMILES string of the molecule is CCC1CCC(N(C)C(c2cccs2)C(N)CC)CC1. The van der Waals surface area contributed by atoms with Crippen molar-refractivity contribution in [3.8, 4) is 0 Å². The second-order valence-corrected chi connectivity index (χ2v) is 7.26. The molecule has 20 heavy (non-hydrogen) atoms. The van der Waals surface area contributed by atoms with Crippen molar-refractivity contribution in [2.75, 3.05) is 7.05 Å². The summed E-state index contributed by atoms with van der Waals surface area (Å²) in [5.41, 5.74) is 6.43. The molecule has 0 aromatic carbocycles. The van der Waals surface area contributed by atoms with Crippen LogP contribution in [0.2, 0.25) is 0 Å². The third-order valence-corrected chi connectivity index (χ3v) is 6.06. The molecule has 1 aromatic heterocycles. The van der Waals surface area contributed by atoms with Gasteiger partial charge in [0.05, 0.1) is 6.04 Å². The van der Waals surface area contributed by atoms with Crippen LogP contribution < -0.4 is 5.73 Å². The van der Waals surface area contributed by atoms with Gasteiger partial charge in [-0.05, 0) is 56.5 Å². The standard InChI is InChI=1S/C17H30N2S/c1-4-13-8-10-14(11-9-13)19(3)17(15(18)5-2)16-7-6-12-20-16/h6-7,12-15,17H,4-5,8-11,18H2,1-3H3. The number of hydrogen-bond acceptors (Lipinski definition) is 3. The normalized spacial score (nSPS) is 26.6. The summed E-state index contributed by atoms with van der Waals surface area (Å²) in [5, 5.41) is 2.17. The molecule has 2 rings (SSSR count). The zero-order valence-corrected chi connectivity index (χ0v) is 14.0. The number of hydrogen-bond donors (Lipinski definition) is 1. The number of thiophene rings is 1. The van der Waals surface area contributed by atoms with Gasteiger partial charge in [0.1, 0.15) is 0 Å². The van der Waals surface area contributed by atoms with Crippen molar-refractivity contribution in [3.05, 3.63) is 22.4 Å². The molecule has 0 bridgehead atoms. The smallest absolute Gasteiger partial charge is 0.0593 e. The maximum Gasteiger partial charge on any atom is 0.0593 e. The van der Waals surface area contributed by atoms with Crippen LogP contribution in [0.3, 0.4) is 0 Å². The first-order chi connectivity index (χ1) is 9.67. The average molecular weight is 295 g/mol. The topological polar surface area (TPSA) is 29.3 Å². The van der Waals surface area contributed by atoms with Gasteiger partial charge < -0.3 is 5.73 Å². The first-order valence-corrected chi connectivity index (χ1v) is 9.06. The lowest BCUT2D eigenvalue weighted by Crippen LogP contribution is -2.44. The first-order valence-electron chi connectivity index (χ1n) is 8.18. The van der Waals surface area contributed by atoms with Crippen molar-refractivity contribution >= 4 is 11.3 Å². The van der Waals surface area contributed by atoms with Gasteiger partial charge in [-0.15, -0.1) is 11.3 Å². The molecule has 1 aliphatic carbocycles. The summed E-state index contributed by atoms with van der Waals surface area (Å²) in [5.74, 6) is 0.958. The summed E-state index contributed by atoms with van der Waals surface area (Å²) in [4.78, 5) is 4.01. The number of rotatable bonds is 6. The van der Waals surface area contributed by atoms with E-state index in [1.165, 1.54) is 37.0 Å².